The van der Waals surface area contributed by atoms with E-state index in [2.05, 4.69) is 39.5 Å². The lowest BCUT2D eigenvalue weighted by atomic mass is 9.99. The van der Waals surface area contributed by atoms with Crippen molar-refractivity contribution in [3.63, 3.8) is 0 Å². The first-order valence-electron chi connectivity index (χ1n) is 11.5. The summed E-state index contributed by atoms with van der Waals surface area (Å²) in [5.41, 5.74) is 5.37. The average Bonchev–Trinajstić information content (AvgIpc) is 3.32. The number of ether oxygens (including phenoxy) is 1. The van der Waals surface area contributed by atoms with Crippen molar-refractivity contribution in [2.24, 2.45) is 7.05 Å². The molecule has 2 heterocycles. The maximum absolute atomic E-state index is 13.3. The van der Waals surface area contributed by atoms with Crippen molar-refractivity contribution in [3.05, 3.63) is 113 Å². The molecule has 1 aliphatic heterocycles. The van der Waals surface area contributed by atoms with Gasteiger partial charge in [0.05, 0.1) is 7.11 Å². The zero-order chi connectivity index (χ0) is 23.5. The van der Waals surface area contributed by atoms with Gasteiger partial charge < -0.3 is 19.5 Å². The minimum atomic E-state index is -0.443. The molecular formula is C28H28N4O2. The Morgan fingerprint density at radius 2 is 1.74 bits per heavy atom. The number of methoxy groups -OCH3 is 1. The van der Waals surface area contributed by atoms with Gasteiger partial charge in [-0.1, -0.05) is 42.5 Å². The molecular weight excluding hydrogens is 424 g/mol. The summed E-state index contributed by atoms with van der Waals surface area (Å²) in [6, 6.07) is 23.7. The second-order valence-electron chi connectivity index (χ2n) is 8.53. The standard InChI is InChI=1S/C28H28N4O2/c1-31-18-16-29-27(31)26(24-9-5-6-10-25(24)34-2)30-28(33)21-11-13-23(14-12-21)32-17-15-20-7-3-4-8-22(20)19-32/h3-14,16,18,26H,15,17,19H2,1-2H3,(H,30,33). The molecule has 0 bridgehead atoms. The first-order chi connectivity index (χ1) is 16.6. The molecule has 6 nitrogen and oxygen atoms in total. The van der Waals surface area contributed by atoms with Gasteiger partial charge in [-0.15, -0.1) is 0 Å². The molecule has 0 fully saturated rings. The van der Waals surface area contributed by atoms with E-state index < -0.39 is 6.04 Å². The zero-order valence-corrected chi connectivity index (χ0v) is 19.4. The molecule has 34 heavy (non-hydrogen) atoms. The Morgan fingerprint density at radius 1 is 1.00 bits per heavy atom. The van der Waals surface area contributed by atoms with Crippen LogP contribution in [0, 0.1) is 0 Å². The summed E-state index contributed by atoms with van der Waals surface area (Å²) >= 11 is 0. The number of nitrogens with one attached hydrogen (secondary N) is 1. The molecule has 1 aromatic heterocycles. The second kappa shape index (κ2) is 9.43. The van der Waals surface area contributed by atoms with E-state index >= 15 is 0 Å². The van der Waals surface area contributed by atoms with Crippen molar-refractivity contribution in [1.29, 1.82) is 0 Å². The van der Waals surface area contributed by atoms with Crippen molar-refractivity contribution >= 4 is 11.6 Å². The predicted molar refractivity (Wildman–Crippen MR) is 133 cm³/mol. The fourth-order valence-electron chi connectivity index (χ4n) is 4.60. The number of rotatable bonds is 6. The van der Waals surface area contributed by atoms with Crippen molar-refractivity contribution in [2.45, 2.75) is 19.0 Å². The van der Waals surface area contributed by atoms with Crippen molar-refractivity contribution in [3.8, 4) is 5.75 Å². The van der Waals surface area contributed by atoms with E-state index in [1.54, 1.807) is 13.3 Å². The molecule has 1 unspecified atom stereocenters. The van der Waals surface area contributed by atoms with Gasteiger partial charge >= 0.3 is 0 Å². The third-order valence-corrected chi connectivity index (χ3v) is 6.47. The van der Waals surface area contributed by atoms with E-state index in [0.29, 0.717) is 11.3 Å². The fraction of sp³-hybridized carbons (Fsp3) is 0.214. The summed E-state index contributed by atoms with van der Waals surface area (Å²) in [6.07, 6.45) is 4.63. The van der Waals surface area contributed by atoms with Crippen LogP contribution in [0.2, 0.25) is 0 Å². The van der Waals surface area contributed by atoms with Crippen LogP contribution in [0.3, 0.4) is 0 Å². The molecule has 1 atom stereocenters. The minimum Gasteiger partial charge on any atom is -0.496 e. The lowest BCUT2D eigenvalue weighted by Gasteiger charge is -2.30. The van der Waals surface area contributed by atoms with E-state index in [9.17, 15) is 4.79 Å². The van der Waals surface area contributed by atoms with Crippen molar-refractivity contribution < 1.29 is 9.53 Å². The van der Waals surface area contributed by atoms with Gasteiger partial charge in [0.1, 0.15) is 17.6 Å². The summed E-state index contributed by atoms with van der Waals surface area (Å²) in [5.74, 6) is 1.28. The predicted octanol–water partition coefficient (Wildman–Crippen LogP) is 4.51. The van der Waals surface area contributed by atoms with Gasteiger partial charge in [-0.25, -0.2) is 4.98 Å². The van der Waals surface area contributed by atoms with Crippen LogP contribution in [-0.2, 0) is 20.0 Å². The summed E-state index contributed by atoms with van der Waals surface area (Å²) in [5, 5.41) is 3.16. The highest BCUT2D eigenvalue weighted by Crippen LogP contribution is 2.30. The molecule has 0 spiro atoms. The highest BCUT2D eigenvalue weighted by atomic mass is 16.5. The molecule has 0 saturated heterocycles. The second-order valence-corrected chi connectivity index (χ2v) is 8.53. The first kappa shape index (κ1) is 21.8. The summed E-state index contributed by atoms with van der Waals surface area (Å²) < 4.78 is 7.48. The number of fused-ring (bicyclic) bond motifs is 1. The van der Waals surface area contributed by atoms with Crippen LogP contribution in [0.5, 0.6) is 5.75 Å². The number of aryl methyl sites for hydroxylation is 1. The molecule has 1 amide bonds. The SMILES string of the molecule is COc1ccccc1C(NC(=O)c1ccc(N2CCc3ccccc3C2)cc1)c1nccn1C. The molecule has 1 N–H and O–H groups in total. The summed E-state index contributed by atoms with van der Waals surface area (Å²) in [7, 11) is 3.55. The summed E-state index contributed by atoms with van der Waals surface area (Å²) in [4.78, 5) is 20.1. The fourth-order valence-corrected chi connectivity index (χ4v) is 4.60. The lowest BCUT2D eigenvalue weighted by molar-refractivity contribution is 0.0941. The molecule has 6 heteroatoms. The van der Waals surface area contributed by atoms with E-state index in [4.69, 9.17) is 4.74 Å². The number of nitrogens with zero attached hydrogens (tertiary/aromatic N) is 3. The van der Waals surface area contributed by atoms with Crippen LogP contribution in [0.1, 0.15) is 38.9 Å². The Morgan fingerprint density at radius 3 is 2.47 bits per heavy atom. The van der Waals surface area contributed by atoms with E-state index in [0.717, 1.165) is 36.6 Å². The Bertz CT molecular complexity index is 1300. The molecule has 0 aliphatic carbocycles. The Kier molecular flexibility index (Phi) is 6.04. The van der Waals surface area contributed by atoms with Gasteiger partial charge in [-0.3, -0.25) is 4.79 Å². The maximum atomic E-state index is 13.3. The van der Waals surface area contributed by atoms with E-state index in [1.165, 1.54) is 11.1 Å². The highest BCUT2D eigenvalue weighted by Gasteiger charge is 2.24. The summed E-state index contributed by atoms with van der Waals surface area (Å²) in [6.45, 7) is 1.86. The van der Waals surface area contributed by atoms with Crippen LogP contribution in [0.25, 0.3) is 0 Å². The normalized spacial score (nSPS) is 13.8. The molecule has 5 rings (SSSR count). The number of amides is 1. The van der Waals surface area contributed by atoms with Crippen LogP contribution in [-0.4, -0.2) is 29.1 Å². The molecule has 172 valence electrons. The first-order valence-corrected chi connectivity index (χ1v) is 11.5. The van der Waals surface area contributed by atoms with Gasteiger partial charge in [0.25, 0.3) is 5.91 Å². The number of hydrogen-bond acceptors (Lipinski definition) is 4. The van der Waals surface area contributed by atoms with Gasteiger partial charge in [0, 0.05) is 49.3 Å². The van der Waals surface area contributed by atoms with Crippen LogP contribution in [0.4, 0.5) is 5.69 Å². The number of carbonyl (C=O) groups is 1. The third-order valence-electron chi connectivity index (χ3n) is 6.47. The number of para-hydroxylation sites is 1. The average molecular weight is 453 g/mol. The van der Waals surface area contributed by atoms with E-state index in [1.807, 2.05) is 66.3 Å². The molecule has 0 saturated carbocycles. The monoisotopic (exact) mass is 452 g/mol. The number of anilines is 1. The van der Waals surface area contributed by atoms with Gasteiger partial charge in [0.15, 0.2) is 0 Å². The van der Waals surface area contributed by atoms with Crippen molar-refractivity contribution in [2.75, 3.05) is 18.6 Å². The van der Waals surface area contributed by atoms with Gasteiger partial charge in [0.2, 0.25) is 0 Å². The molecule has 1 aliphatic rings. The highest BCUT2D eigenvalue weighted by molar-refractivity contribution is 5.95. The number of imidazole rings is 1. The number of aromatic nitrogens is 2. The van der Waals surface area contributed by atoms with Crippen LogP contribution in [0.15, 0.2) is 85.2 Å². The molecule has 0 radical (unpaired) electrons. The smallest absolute Gasteiger partial charge is 0.252 e. The third kappa shape index (κ3) is 4.27. The molecule has 3 aromatic carbocycles. The van der Waals surface area contributed by atoms with Crippen LogP contribution >= 0.6 is 0 Å². The Hall–Kier alpha value is -4.06. The Labute approximate surface area is 199 Å². The van der Waals surface area contributed by atoms with Gasteiger partial charge in [-0.2, -0.15) is 0 Å². The number of carbonyl (C=O) groups excluding carboxylic acids is 1. The molecule has 4 aromatic rings. The quantitative estimate of drug-likeness (QED) is 0.468. The largest absolute Gasteiger partial charge is 0.496 e. The minimum absolute atomic E-state index is 0.158. The maximum Gasteiger partial charge on any atom is 0.252 e. The lowest BCUT2D eigenvalue weighted by Crippen LogP contribution is -2.32. The van der Waals surface area contributed by atoms with Crippen molar-refractivity contribution in [1.82, 2.24) is 14.9 Å². The van der Waals surface area contributed by atoms with E-state index in [-0.39, 0.29) is 5.91 Å². The Balaban J connectivity index is 1.37. The number of hydrogen-bond donors (Lipinski definition) is 1. The number of benzene rings is 3. The zero-order valence-electron chi connectivity index (χ0n) is 19.4. The topological polar surface area (TPSA) is 59.4 Å². The van der Waals surface area contributed by atoms with Crippen LogP contribution < -0.4 is 15.0 Å². The van der Waals surface area contributed by atoms with Gasteiger partial charge in [-0.05, 0) is 47.9 Å².